The van der Waals surface area contributed by atoms with Crippen LogP contribution in [0.5, 0.6) is 11.5 Å². The van der Waals surface area contributed by atoms with E-state index in [9.17, 15) is 4.79 Å². The summed E-state index contributed by atoms with van der Waals surface area (Å²) >= 11 is 3.30. The van der Waals surface area contributed by atoms with Gasteiger partial charge in [-0.3, -0.25) is 4.79 Å². The molecule has 0 saturated carbocycles. The first-order chi connectivity index (χ1) is 8.34. The Morgan fingerprint density at radius 3 is 2.72 bits per heavy atom. The fraction of sp³-hybridized carbons (Fsp3) is 0.500. The van der Waals surface area contributed by atoms with Crippen LogP contribution in [0.4, 0.5) is 0 Å². The fourth-order valence-corrected chi connectivity index (χ4v) is 2.47. The van der Waals surface area contributed by atoms with Crippen molar-refractivity contribution in [3.05, 3.63) is 23.3 Å². The number of hydrogen-bond acceptors (Lipinski definition) is 3. The van der Waals surface area contributed by atoms with Gasteiger partial charge >= 0.3 is 0 Å². The van der Waals surface area contributed by atoms with Crippen molar-refractivity contribution in [2.75, 3.05) is 7.11 Å². The SMILES string of the molecule is COc1cc(C(=O)C(C)Br)cc2c1OC(C)(C)C2. The van der Waals surface area contributed by atoms with Gasteiger partial charge in [0.2, 0.25) is 0 Å². The third-order valence-electron chi connectivity index (χ3n) is 2.99. The Balaban J connectivity index is 2.48. The van der Waals surface area contributed by atoms with Crippen LogP contribution in [0.2, 0.25) is 0 Å². The lowest BCUT2D eigenvalue weighted by atomic mass is 9.98. The maximum atomic E-state index is 12.0. The Hall–Kier alpha value is -1.03. The number of fused-ring (bicyclic) bond motifs is 1. The van der Waals surface area contributed by atoms with E-state index in [1.165, 1.54) is 0 Å². The van der Waals surface area contributed by atoms with E-state index < -0.39 is 0 Å². The van der Waals surface area contributed by atoms with E-state index in [0.29, 0.717) is 11.3 Å². The molecule has 4 heteroatoms. The van der Waals surface area contributed by atoms with Gasteiger partial charge < -0.3 is 9.47 Å². The number of carbonyl (C=O) groups excluding carboxylic acids is 1. The third-order valence-corrected chi connectivity index (χ3v) is 3.41. The largest absolute Gasteiger partial charge is 0.493 e. The van der Waals surface area contributed by atoms with Crippen LogP contribution < -0.4 is 9.47 Å². The summed E-state index contributed by atoms with van der Waals surface area (Å²) in [5.41, 5.74) is 1.46. The molecule has 2 rings (SSSR count). The number of carbonyl (C=O) groups is 1. The lowest BCUT2D eigenvalue weighted by Gasteiger charge is -2.17. The summed E-state index contributed by atoms with van der Waals surface area (Å²) in [6.45, 7) is 5.88. The van der Waals surface area contributed by atoms with E-state index >= 15 is 0 Å². The second-order valence-corrected chi connectivity index (χ2v) is 6.56. The van der Waals surface area contributed by atoms with Crippen molar-refractivity contribution in [3.63, 3.8) is 0 Å². The summed E-state index contributed by atoms with van der Waals surface area (Å²) in [5, 5.41) is 0. The molecule has 1 atom stereocenters. The molecule has 1 aromatic carbocycles. The van der Waals surface area contributed by atoms with Crippen molar-refractivity contribution in [2.45, 2.75) is 37.6 Å². The summed E-state index contributed by atoms with van der Waals surface area (Å²) < 4.78 is 11.2. The second-order valence-electron chi connectivity index (χ2n) is 5.19. The molecule has 1 unspecified atom stereocenters. The van der Waals surface area contributed by atoms with Gasteiger partial charge in [0.05, 0.1) is 11.9 Å². The molecule has 3 nitrogen and oxygen atoms in total. The first-order valence-electron chi connectivity index (χ1n) is 5.92. The Morgan fingerprint density at radius 2 is 2.17 bits per heavy atom. The number of alkyl halides is 1. The molecule has 0 spiro atoms. The van der Waals surface area contributed by atoms with Crippen LogP contribution in [0.25, 0.3) is 0 Å². The lowest BCUT2D eigenvalue weighted by Crippen LogP contribution is -2.24. The van der Waals surface area contributed by atoms with Crippen molar-refractivity contribution in [3.8, 4) is 11.5 Å². The van der Waals surface area contributed by atoms with Crippen LogP contribution in [0.15, 0.2) is 12.1 Å². The van der Waals surface area contributed by atoms with Crippen LogP contribution >= 0.6 is 15.9 Å². The van der Waals surface area contributed by atoms with E-state index in [0.717, 1.165) is 17.7 Å². The molecule has 1 heterocycles. The number of hydrogen-bond donors (Lipinski definition) is 0. The second kappa shape index (κ2) is 4.57. The molecule has 1 aliphatic rings. The number of Topliss-reactive ketones (excluding diaryl/α,β-unsaturated/α-hetero) is 1. The van der Waals surface area contributed by atoms with Gasteiger partial charge in [0.25, 0.3) is 0 Å². The van der Waals surface area contributed by atoms with Gasteiger partial charge in [-0.15, -0.1) is 0 Å². The first kappa shape index (κ1) is 13.4. The van der Waals surface area contributed by atoms with Gasteiger partial charge in [-0.05, 0) is 32.9 Å². The van der Waals surface area contributed by atoms with Crippen molar-refractivity contribution in [1.29, 1.82) is 0 Å². The average molecular weight is 313 g/mol. The summed E-state index contributed by atoms with van der Waals surface area (Å²) in [6.07, 6.45) is 0.788. The standard InChI is InChI=1S/C14H17BrO3/c1-8(15)12(16)9-5-10-7-14(2,3)18-13(10)11(6-9)17-4/h5-6,8H,7H2,1-4H3. The topological polar surface area (TPSA) is 35.5 Å². The quantitative estimate of drug-likeness (QED) is 0.634. The number of benzene rings is 1. The molecule has 0 saturated heterocycles. The molecule has 98 valence electrons. The van der Waals surface area contributed by atoms with E-state index in [1.807, 2.05) is 26.8 Å². The average Bonchev–Trinajstić information content (AvgIpc) is 2.60. The highest BCUT2D eigenvalue weighted by Gasteiger charge is 2.33. The molecule has 1 aliphatic heterocycles. The van der Waals surface area contributed by atoms with E-state index in [4.69, 9.17) is 9.47 Å². The monoisotopic (exact) mass is 312 g/mol. The number of rotatable bonds is 3. The minimum Gasteiger partial charge on any atom is -0.493 e. The zero-order valence-corrected chi connectivity index (χ0v) is 12.6. The summed E-state index contributed by atoms with van der Waals surface area (Å²) in [5.74, 6) is 1.46. The van der Waals surface area contributed by atoms with Crippen LogP contribution in [0, 0.1) is 0 Å². The molecule has 1 aromatic rings. The normalized spacial score (nSPS) is 17.8. The number of methoxy groups -OCH3 is 1. The van der Waals surface area contributed by atoms with Crippen molar-refractivity contribution < 1.29 is 14.3 Å². The maximum absolute atomic E-state index is 12.0. The molecular weight excluding hydrogens is 296 g/mol. The molecule has 0 aromatic heterocycles. The fourth-order valence-electron chi connectivity index (χ4n) is 2.20. The van der Waals surface area contributed by atoms with Crippen molar-refractivity contribution in [1.82, 2.24) is 0 Å². The summed E-state index contributed by atoms with van der Waals surface area (Å²) in [6, 6.07) is 3.66. The number of ether oxygens (including phenoxy) is 2. The third kappa shape index (κ3) is 2.39. The molecule has 0 aliphatic carbocycles. The van der Waals surface area contributed by atoms with Gasteiger partial charge in [0.15, 0.2) is 17.3 Å². The molecule has 18 heavy (non-hydrogen) atoms. The Labute approximate surface area is 116 Å². The highest BCUT2D eigenvalue weighted by atomic mass is 79.9. The Kier molecular flexibility index (Phi) is 3.41. The lowest BCUT2D eigenvalue weighted by molar-refractivity contribution is 0.0995. The smallest absolute Gasteiger partial charge is 0.176 e. The van der Waals surface area contributed by atoms with Gasteiger partial charge in [0, 0.05) is 17.5 Å². The van der Waals surface area contributed by atoms with Gasteiger partial charge in [0.1, 0.15) is 5.60 Å². The van der Waals surface area contributed by atoms with Crippen LogP contribution in [-0.2, 0) is 6.42 Å². The molecule has 0 fully saturated rings. The zero-order valence-electron chi connectivity index (χ0n) is 11.0. The first-order valence-corrected chi connectivity index (χ1v) is 6.84. The molecule has 0 N–H and O–H groups in total. The van der Waals surface area contributed by atoms with Crippen LogP contribution in [0.1, 0.15) is 36.7 Å². The Bertz CT molecular complexity index is 492. The van der Waals surface area contributed by atoms with Crippen molar-refractivity contribution >= 4 is 21.7 Å². The molecular formula is C14H17BrO3. The Morgan fingerprint density at radius 1 is 1.50 bits per heavy atom. The maximum Gasteiger partial charge on any atom is 0.176 e. The van der Waals surface area contributed by atoms with Gasteiger partial charge in [-0.1, -0.05) is 15.9 Å². The summed E-state index contributed by atoms with van der Waals surface area (Å²) in [4.78, 5) is 11.8. The predicted octanol–water partition coefficient (Wildman–Crippen LogP) is 3.37. The molecule has 0 amide bonds. The van der Waals surface area contributed by atoms with Crippen LogP contribution in [-0.4, -0.2) is 23.3 Å². The zero-order chi connectivity index (χ0) is 13.5. The minimum absolute atomic E-state index is 0.0563. The van der Waals surface area contributed by atoms with E-state index in [2.05, 4.69) is 15.9 Å². The highest BCUT2D eigenvalue weighted by Crippen LogP contribution is 2.42. The predicted molar refractivity (Wildman–Crippen MR) is 74.1 cm³/mol. The van der Waals surface area contributed by atoms with E-state index in [1.54, 1.807) is 13.2 Å². The number of ketones is 1. The highest BCUT2D eigenvalue weighted by molar-refractivity contribution is 9.10. The van der Waals surface area contributed by atoms with Crippen LogP contribution in [0.3, 0.4) is 0 Å². The van der Waals surface area contributed by atoms with E-state index in [-0.39, 0.29) is 16.2 Å². The van der Waals surface area contributed by atoms with Gasteiger partial charge in [-0.25, -0.2) is 0 Å². The van der Waals surface area contributed by atoms with Crippen molar-refractivity contribution in [2.24, 2.45) is 0 Å². The summed E-state index contributed by atoms with van der Waals surface area (Å²) in [7, 11) is 1.59. The minimum atomic E-state index is -0.239. The molecule has 0 bridgehead atoms. The van der Waals surface area contributed by atoms with Gasteiger partial charge in [-0.2, -0.15) is 0 Å². The number of halogens is 1. The molecule has 0 radical (unpaired) electrons.